The highest BCUT2D eigenvalue weighted by Crippen LogP contribution is 2.26. The van der Waals surface area contributed by atoms with Crippen LogP contribution in [0.25, 0.3) is 0 Å². The van der Waals surface area contributed by atoms with Crippen molar-refractivity contribution in [2.75, 3.05) is 25.5 Å². The molecule has 1 aliphatic heterocycles. The van der Waals surface area contributed by atoms with Crippen LogP contribution < -0.4 is 5.73 Å². The second kappa shape index (κ2) is 5.01. The highest BCUT2D eigenvalue weighted by atomic mass is 16.6. The number of morpholine rings is 1. The van der Waals surface area contributed by atoms with Gasteiger partial charge in [0.1, 0.15) is 12.3 Å². The fourth-order valence-electron chi connectivity index (χ4n) is 1.82. The number of amides is 1. The summed E-state index contributed by atoms with van der Waals surface area (Å²) in [5, 5.41) is 10.8. The summed E-state index contributed by atoms with van der Waals surface area (Å²) in [6, 6.07) is 4.60. The first kappa shape index (κ1) is 12.3. The zero-order chi connectivity index (χ0) is 13.1. The number of nitro benzene ring substituents is 1. The zero-order valence-electron chi connectivity index (χ0n) is 9.67. The van der Waals surface area contributed by atoms with E-state index in [1.54, 1.807) is 17.0 Å². The first-order valence-corrected chi connectivity index (χ1v) is 5.47. The van der Waals surface area contributed by atoms with Gasteiger partial charge in [-0.15, -0.1) is 0 Å². The van der Waals surface area contributed by atoms with Crippen molar-refractivity contribution in [1.29, 1.82) is 0 Å². The number of hydrogen-bond acceptors (Lipinski definition) is 5. The lowest BCUT2D eigenvalue weighted by Gasteiger charge is -2.27. The second-order valence-electron chi connectivity index (χ2n) is 3.97. The number of hydrogen-bond donors (Lipinski definition) is 1. The maximum atomic E-state index is 11.6. The van der Waals surface area contributed by atoms with Gasteiger partial charge < -0.3 is 15.4 Å². The van der Waals surface area contributed by atoms with Crippen molar-refractivity contribution in [2.45, 2.75) is 6.54 Å². The SMILES string of the molecule is Nc1c(CN2CCOCC2=O)cccc1[N+](=O)[O-]. The van der Waals surface area contributed by atoms with Crippen LogP contribution in [-0.4, -0.2) is 35.5 Å². The van der Waals surface area contributed by atoms with Crippen LogP contribution >= 0.6 is 0 Å². The predicted octanol–water partition coefficient (Wildman–Crippen LogP) is 0.536. The molecule has 0 radical (unpaired) electrons. The minimum atomic E-state index is -0.528. The van der Waals surface area contributed by atoms with Crippen molar-refractivity contribution in [2.24, 2.45) is 0 Å². The van der Waals surface area contributed by atoms with Gasteiger partial charge in [-0.25, -0.2) is 0 Å². The molecule has 1 fully saturated rings. The molecule has 1 amide bonds. The molecule has 7 heteroatoms. The van der Waals surface area contributed by atoms with Gasteiger partial charge in [-0.3, -0.25) is 14.9 Å². The molecule has 1 aromatic carbocycles. The summed E-state index contributed by atoms with van der Waals surface area (Å²) < 4.78 is 5.01. The third kappa shape index (κ3) is 2.40. The van der Waals surface area contributed by atoms with E-state index in [9.17, 15) is 14.9 Å². The molecule has 0 saturated carbocycles. The number of carbonyl (C=O) groups excluding carboxylic acids is 1. The van der Waals surface area contributed by atoms with Crippen LogP contribution in [0.3, 0.4) is 0 Å². The molecule has 7 nitrogen and oxygen atoms in total. The molecule has 2 N–H and O–H groups in total. The molecule has 1 heterocycles. The van der Waals surface area contributed by atoms with E-state index in [2.05, 4.69) is 0 Å². The summed E-state index contributed by atoms with van der Waals surface area (Å²) in [5.41, 5.74) is 6.30. The summed E-state index contributed by atoms with van der Waals surface area (Å²) in [6.45, 7) is 1.27. The number of nitrogen functional groups attached to an aromatic ring is 1. The Balaban J connectivity index is 2.21. The molecule has 0 aliphatic carbocycles. The third-order valence-electron chi connectivity index (χ3n) is 2.82. The molecule has 1 aromatic rings. The Kier molecular flexibility index (Phi) is 3.42. The minimum Gasteiger partial charge on any atom is -0.393 e. The van der Waals surface area contributed by atoms with E-state index >= 15 is 0 Å². The Morgan fingerprint density at radius 2 is 2.28 bits per heavy atom. The van der Waals surface area contributed by atoms with Crippen LogP contribution in [-0.2, 0) is 16.1 Å². The zero-order valence-corrected chi connectivity index (χ0v) is 9.67. The predicted molar refractivity (Wildman–Crippen MR) is 63.7 cm³/mol. The summed E-state index contributed by atoms with van der Waals surface area (Å²) in [6.07, 6.45) is 0. The number of rotatable bonds is 3. The molecule has 1 saturated heterocycles. The summed E-state index contributed by atoms with van der Waals surface area (Å²) in [7, 11) is 0. The fraction of sp³-hybridized carbons (Fsp3) is 0.364. The molecule has 0 unspecified atom stereocenters. The molecule has 18 heavy (non-hydrogen) atoms. The average Bonchev–Trinajstić information content (AvgIpc) is 2.34. The van der Waals surface area contributed by atoms with Crippen molar-refractivity contribution in [1.82, 2.24) is 4.90 Å². The fourth-order valence-corrected chi connectivity index (χ4v) is 1.82. The first-order valence-electron chi connectivity index (χ1n) is 5.47. The molecule has 1 aliphatic rings. The van der Waals surface area contributed by atoms with E-state index in [0.717, 1.165) is 0 Å². The Morgan fingerprint density at radius 3 is 2.94 bits per heavy atom. The number of para-hydroxylation sites is 1. The highest BCUT2D eigenvalue weighted by molar-refractivity contribution is 5.78. The van der Waals surface area contributed by atoms with Crippen LogP contribution in [0.5, 0.6) is 0 Å². The minimum absolute atomic E-state index is 0.0504. The van der Waals surface area contributed by atoms with Gasteiger partial charge in [0, 0.05) is 24.7 Å². The molecule has 96 valence electrons. The van der Waals surface area contributed by atoms with E-state index in [0.29, 0.717) is 18.7 Å². The van der Waals surface area contributed by atoms with E-state index in [4.69, 9.17) is 10.5 Å². The Labute approximate surface area is 103 Å². The van der Waals surface area contributed by atoms with Gasteiger partial charge in [-0.2, -0.15) is 0 Å². The van der Waals surface area contributed by atoms with Gasteiger partial charge in [0.05, 0.1) is 11.5 Å². The van der Waals surface area contributed by atoms with Crippen LogP contribution in [0.2, 0.25) is 0 Å². The molecular formula is C11H13N3O4. The molecule has 0 bridgehead atoms. The molecule has 2 rings (SSSR count). The molecule has 0 atom stereocenters. The lowest BCUT2D eigenvalue weighted by molar-refractivity contribution is -0.384. The lowest BCUT2D eigenvalue weighted by Crippen LogP contribution is -2.41. The monoisotopic (exact) mass is 251 g/mol. The largest absolute Gasteiger partial charge is 0.393 e. The van der Waals surface area contributed by atoms with E-state index in [1.165, 1.54) is 6.07 Å². The van der Waals surface area contributed by atoms with Crippen molar-refractivity contribution in [3.63, 3.8) is 0 Å². The van der Waals surface area contributed by atoms with E-state index in [-0.39, 0.29) is 30.4 Å². The van der Waals surface area contributed by atoms with Crippen molar-refractivity contribution in [3.8, 4) is 0 Å². The second-order valence-corrected chi connectivity index (χ2v) is 3.97. The Bertz CT molecular complexity index is 489. The van der Waals surface area contributed by atoms with E-state index in [1.807, 2.05) is 0 Å². The number of carbonyl (C=O) groups is 1. The molecule has 0 aromatic heterocycles. The summed E-state index contributed by atoms with van der Waals surface area (Å²) in [4.78, 5) is 23.4. The Morgan fingerprint density at radius 1 is 1.50 bits per heavy atom. The molecule has 0 spiro atoms. The first-order chi connectivity index (χ1) is 8.59. The quantitative estimate of drug-likeness (QED) is 0.480. The van der Waals surface area contributed by atoms with Gasteiger partial charge >= 0.3 is 0 Å². The standard InChI is InChI=1S/C11H13N3O4/c12-11-8(2-1-3-9(11)14(16)17)6-13-4-5-18-7-10(13)15/h1-3H,4-7,12H2. The highest BCUT2D eigenvalue weighted by Gasteiger charge is 2.21. The van der Waals surface area contributed by atoms with Gasteiger partial charge in [0.15, 0.2) is 0 Å². The van der Waals surface area contributed by atoms with Crippen molar-refractivity contribution >= 4 is 17.3 Å². The van der Waals surface area contributed by atoms with Crippen LogP contribution in [0.4, 0.5) is 11.4 Å². The van der Waals surface area contributed by atoms with Gasteiger partial charge in [-0.05, 0) is 0 Å². The van der Waals surface area contributed by atoms with Crippen LogP contribution in [0.15, 0.2) is 18.2 Å². The number of ether oxygens (including phenoxy) is 1. The number of anilines is 1. The number of nitrogens with two attached hydrogens (primary N) is 1. The summed E-state index contributed by atoms with van der Waals surface area (Å²) >= 11 is 0. The maximum Gasteiger partial charge on any atom is 0.292 e. The lowest BCUT2D eigenvalue weighted by atomic mass is 10.1. The smallest absolute Gasteiger partial charge is 0.292 e. The van der Waals surface area contributed by atoms with Crippen LogP contribution in [0.1, 0.15) is 5.56 Å². The maximum absolute atomic E-state index is 11.6. The van der Waals surface area contributed by atoms with Gasteiger partial charge in [0.25, 0.3) is 5.69 Å². The Hall–Kier alpha value is -2.15. The normalized spacial score (nSPS) is 15.8. The number of benzene rings is 1. The number of nitro groups is 1. The topological polar surface area (TPSA) is 98.7 Å². The van der Waals surface area contributed by atoms with Crippen molar-refractivity contribution in [3.05, 3.63) is 33.9 Å². The third-order valence-corrected chi connectivity index (χ3v) is 2.82. The average molecular weight is 251 g/mol. The van der Waals surface area contributed by atoms with Crippen LogP contribution in [0, 0.1) is 10.1 Å². The van der Waals surface area contributed by atoms with Gasteiger partial charge in [0.2, 0.25) is 5.91 Å². The molecular weight excluding hydrogens is 238 g/mol. The number of nitrogens with zero attached hydrogens (tertiary/aromatic N) is 2. The summed E-state index contributed by atoms with van der Waals surface area (Å²) in [5.74, 6) is -0.132. The van der Waals surface area contributed by atoms with E-state index < -0.39 is 4.92 Å². The van der Waals surface area contributed by atoms with Crippen molar-refractivity contribution < 1.29 is 14.5 Å². The van der Waals surface area contributed by atoms with Gasteiger partial charge in [-0.1, -0.05) is 12.1 Å².